The molecule has 2 aromatic carbocycles. The highest BCUT2D eigenvalue weighted by molar-refractivity contribution is 6.30. The molecule has 0 aliphatic carbocycles. The van der Waals surface area contributed by atoms with Crippen LogP contribution in [-0.2, 0) is 6.54 Å². The number of nitrogens with zero attached hydrogens (tertiary/aromatic N) is 2. The summed E-state index contributed by atoms with van der Waals surface area (Å²) in [5, 5.41) is 11.8. The van der Waals surface area contributed by atoms with Crippen LogP contribution in [0.1, 0.15) is 18.4 Å². The highest BCUT2D eigenvalue weighted by Crippen LogP contribution is 2.30. The van der Waals surface area contributed by atoms with Gasteiger partial charge in [-0.15, -0.1) is 0 Å². The van der Waals surface area contributed by atoms with Crippen molar-refractivity contribution in [3.63, 3.8) is 0 Å². The number of likely N-dealkylation sites (tertiary alicyclic amines) is 1. The number of pyridine rings is 1. The Morgan fingerprint density at radius 2 is 2.00 bits per heavy atom. The van der Waals surface area contributed by atoms with Gasteiger partial charge in [0.2, 0.25) is 0 Å². The predicted octanol–water partition coefficient (Wildman–Crippen LogP) is 4.52. The van der Waals surface area contributed by atoms with E-state index in [9.17, 15) is 5.11 Å². The zero-order chi connectivity index (χ0) is 18.8. The Hall–Kier alpha value is -2.14. The Labute approximate surface area is 164 Å². The molecule has 140 valence electrons. The van der Waals surface area contributed by atoms with E-state index in [1.54, 1.807) is 7.11 Å². The number of aromatic nitrogens is 1. The molecule has 1 aliphatic rings. The van der Waals surface area contributed by atoms with Crippen molar-refractivity contribution < 1.29 is 9.84 Å². The molecule has 1 N–H and O–H groups in total. The standard InChI is InChI=1S/C22H23ClN2O2/c1-27-20-9-6-16-11-17(13-25-10-2-3-19(26)14-25)22(24-21(16)12-20)15-4-7-18(23)8-5-15/h4-9,11-12,19,26H,2-3,10,13-14H2,1H3/t19-/m1/s1. The Morgan fingerprint density at radius 3 is 2.74 bits per heavy atom. The first-order valence-electron chi connectivity index (χ1n) is 9.26. The predicted molar refractivity (Wildman–Crippen MR) is 109 cm³/mol. The maximum atomic E-state index is 10.0. The second-order valence-electron chi connectivity index (χ2n) is 7.09. The van der Waals surface area contributed by atoms with Crippen LogP contribution < -0.4 is 4.74 Å². The number of piperidine rings is 1. The van der Waals surface area contributed by atoms with Gasteiger partial charge in [-0.1, -0.05) is 23.7 Å². The molecule has 27 heavy (non-hydrogen) atoms. The zero-order valence-electron chi connectivity index (χ0n) is 15.4. The van der Waals surface area contributed by atoms with Crippen LogP contribution >= 0.6 is 11.6 Å². The van der Waals surface area contributed by atoms with Crippen molar-refractivity contribution in [1.29, 1.82) is 0 Å². The van der Waals surface area contributed by atoms with Crippen LogP contribution in [0.15, 0.2) is 48.5 Å². The first kappa shape index (κ1) is 18.2. The van der Waals surface area contributed by atoms with Crippen molar-refractivity contribution in [2.45, 2.75) is 25.5 Å². The van der Waals surface area contributed by atoms with Crippen LogP contribution in [0.4, 0.5) is 0 Å². The lowest BCUT2D eigenvalue weighted by Crippen LogP contribution is -2.37. The molecule has 4 nitrogen and oxygen atoms in total. The molecule has 5 heteroatoms. The van der Waals surface area contributed by atoms with Crippen molar-refractivity contribution in [2.24, 2.45) is 0 Å². The van der Waals surface area contributed by atoms with Gasteiger partial charge in [0, 0.05) is 35.1 Å². The van der Waals surface area contributed by atoms with Gasteiger partial charge in [0.1, 0.15) is 5.75 Å². The molecule has 0 radical (unpaired) electrons. The molecular formula is C22H23ClN2O2. The van der Waals surface area contributed by atoms with E-state index < -0.39 is 0 Å². The van der Waals surface area contributed by atoms with E-state index in [1.807, 2.05) is 42.5 Å². The van der Waals surface area contributed by atoms with Crippen molar-refractivity contribution in [1.82, 2.24) is 9.88 Å². The molecule has 0 amide bonds. The van der Waals surface area contributed by atoms with E-state index in [2.05, 4.69) is 11.0 Å². The van der Waals surface area contributed by atoms with Gasteiger partial charge in [0.05, 0.1) is 24.4 Å². The van der Waals surface area contributed by atoms with Gasteiger partial charge in [-0.05, 0) is 55.3 Å². The zero-order valence-corrected chi connectivity index (χ0v) is 16.1. The number of halogens is 1. The number of ether oxygens (including phenoxy) is 1. The van der Waals surface area contributed by atoms with E-state index in [0.717, 1.165) is 59.4 Å². The Balaban J connectivity index is 1.78. The molecule has 0 spiro atoms. The van der Waals surface area contributed by atoms with Crippen LogP contribution in [-0.4, -0.2) is 41.3 Å². The number of methoxy groups -OCH3 is 1. The normalized spacial score (nSPS) is 18.0. The molecule has 0 unspecified atom stereocenters. The molecular weight excluding hydrogens is 360 g/mol. The summed E-state index contributed by atoms with van der Waals surface area (Å²) in [5.74, 6) is 0.795. The molecule has 3 aromatic rings. The third-order valence-corrected chi connectivity index (χ3v) is 5.35. The lowest BCUT2D eigenvalue weighted by atomic mass is 10.0. The minimum Gasteiger partial charge on any atom is -0.497 e. The maximum Gasteiger partial charge on any atom is 0.121 e. The monoisotopic (exact) mass is 382 g/mol. The van der Waals surface area contributed by atoms with Crippen LogP contribution in [0.3, 0.4) is 0 Å². The largest absolute Gasteiger partial charge is 0.497 e. The summed E-state index contributed by atoms with van der Waals surface area (Å²) >= 11 is 6.07. The summed E-state index contributed by atoms with van der Waals surface area (Å²) in [6.07, 6.45) is 1.67. The maximum absolute atomic E-state index is 10.0. The van der Waals surface area contributed by atoms with E-state index in [0.29, 0.717) is 11.6 Å². The lowest BCUT2D eigenvalue weighted by molar-refractivity contribution is 0.0669. The van der Waals surface area contributed by atoms with Crippen molar-refractivity contribution in [3.05, 3.63) is 59.1 Å². The topological polar surface area (TPSA) is 45.6 Å². The highest BCUT2D eigenvalue weighted by atomic mass is 35.5. The first-order valence-corrected chi connectivity index (χ1v) is 9.64. The van der Waals surface area contributed by atoms with Crippen LogP contribution in [0.2, 0.25) is 5.02 Å². The Kier molecular flexibility index (Phi) is 5.30. The molecule has 1 aromatic heterocycles. The van der Waals surface area contributed by atoms with E-state index in [-0.39, 0.29) is 6.10 Å². The molecule has 1 fully saturated rings. The fraction of sp³-hybridized carbons (Fsp3) is 0.318. The van der Waals surface area contributed by atoms with Crippen LogP contribution in [0.5, 0.6) is 5.75 Å². The third kappa shape index (κ3) is 4.08. The summed E-state index contributed by atoms with van der Waals surface area (Å²) in [6.45, 7) is 2.47. The van der Waals surface area contributed by atoms with Crippen molar-refractivity contribution in [3.8, 4) is 17.0 Å². The number of hydrogen-bond donors (Lipinski definition) is 1. The summed E-state index contributed by atoms with van der Waals surface area (Å²) in [7, 11) is 1.66. The van der Waals surface area contributed by atoms with Crippen molar-refractivity contribution in [2.75, 3.05) is 20.2 Å². The van der Waals surface area contributed by atoms with Crippen LogP contribution in [0.25, 0.3) is 22.2 Å². The summed E-state index contributed by atoms with van der Waals surface area (Å²) < 4.78 is 5.35. The number of hydrogen-bond acceptors (Lipinski definition) is 4. The average molecular weight is 383 g/mol. The average Bonchev–Trinajstić information content (AvgIpc) is 2.68. The van der Waals surface area contributed by atoms with Gasteiger partial charge in [0.15, 0.2) is 0 Å². The number of fused-ring (bicyclic) bond motifs is 1. The minimum absolute atomic E-state index is 0.240. The van der Waals surface area contributed by atoms with Gasteiger partial charge in [-0.25, -0.2) is 4.98 Å². The number of rotatable bonds is 4. The molecule has 4 rings (SSSR count). The minimum atomic E-state index is -0.240. The summed E-state index contributed by atoms with van der Waals surface area (Å²) in [4.78, 5) is 7.26. The SMILES string of the molecule is COc1ccc2cc(CN3CCC[C@@H](O)C3)c(-c3ccc(Cl)cc3)nc2c1. The van der Waals surface area contributed by atoms with Gasteiger partial charge < -0.3 is 9.84 Å². The summed E-state index contributed by atoms with van der Waals surface area (Å²) in [5.41, 5.74) is 4.05. The molecule has 0 saturated carbocycles. The van der Waals surface area contributed by atoms with Gasteiger partial charge in [-0.2, -0.15) is 0 Å². The van der Waals surface area contributed by atoms with Gasteiger partial charge >= 0.3 is 0 Å². The van der Waals surface area contributed by atoms with E-state index >= 15 is 0 Å². The number of β-amino-alcohol motifs (C(OH)–C–C–N with tert-alkyl or cyclic N) is 1. The highest BCUT2D eigenvalue weighted by Gasteiger charge is 2.20. The second kappa shape index (κ2) is 7.85. The lowest BCUT2D eigenvalue weighted by Gasteiger charge is -2.30. The van der Waals surface area contributed by atoms with Gasteiger partial charge in [0.25, 0.3) is 0 Å². The van der Waals surface area contributed by atoms with Gasteiger partial charge in [-0.3, -0.25) is 4.90 Å². The smallest absolute Gasteiger partial charge is 0.121 e. The van der Waals surface area contributed by atoms with E-state index in [1.165, 1.54) is 0 Å². The fourth-order valence-electron chi connectivity index (χ4n) is 3.71. The molecule has 2 heterocycles. The summed E-state index contributed by atoms with van der Waals surface area (Å²) in [6, 6.07) is 16.0. The molecule has 1 atom stereocenters. The fourth-order valence-corrected chi connectivity index (χ4v) is 3.84. The Bertz CT molecular complexity index is 943. The first-order chi connectivity index (χ1) is 13.1. The van der Waals surface area contributed by atoms with E-state index in [4.69, 9.17) is 21.3 Å². The quantitative estimate of drug-likeness (QED) is 0.720. The Morgan fingerprint density at radius 1 is 1.19 bits per heavy atom. The number of benzene rings is 2. The molecule has 1 saturated heterocycles. The molecule has 0 bridgehead atoms. The number of aliphatic hydroxyl groups excluding tert-OH is 1. The second-order valence-corrected chi connectivity index (χ2v) is 7.53. The number of aliphatic hydroxyl groups is 1. The van der Waals surface area contributed by atoms with Crippen molar-refractivity contribution >= 4 is 22.5 Å². The third-order valence-electron chi connectivity index (χ3n) is 5.10. The van der Waals surface area contributed by atoms with Crippen LogP contribution in [0, 0.1) is 0 Å². The molecule has 1 aliphatic heterocycles.